The molecule has 1 aromatic carbocycles. The molecule has 1 aliphatic carbocycles. The van der Waals surface area contributed by atoms with Gasteiger partial charge < -0.3 is 4.74 Å². The molecule has 0 bridgehead atoms. The first kappa shape index (κ1) is 14.2. The lowest BCUT2D eigenvalue weighted by molar-refractivity contribution is 0.121. The van der Waals surface area contributed by atoms with Crippen molar-refractivity contribution in [1.29, 1.82) is 0 Å². The van der Waals surface area contributed by atoms with Gasteiger partial charge >= 0.3 is 0 Å². The highest BCUT2D eigenvalue weighted by Crippen LogP contribution is 2.38. The maximum absolute atomic E-state index is 13.1. The molecule has 1 aliphatic rings. The zero-order chi connectivity index (χ0) is 13.0. The molecule has 0 aromatic heterocycles. The van der Waals surface area contributed by atoms with Gasteiger partial charge in [0, 0.05) is 5.41 Å². The quantitative estimate of drug-likeness (QED) is 0.775. The molecule has 0 amide bonds. The molecular formula is C14H18BrFOS. The molecule has 0 aliphatic heterocycles. The fraction of sp³-hybridized carbons (Fsp3) is 0.571. The minimum Gasteiger partial charge on any atom is -0.493 e. The van der Waals surface area contributed by atoms with Crippen molar-refractivity contribution in [2.24, 2.45) is 5.41 Å². The van der Waals surface area contributed by atoms with Crippen molar-refractivity contribution in [2.75, 3.05) is 12.4 Å². The molecule has 2 rings (SSSR count). The van der Waals surface area contributed by atoms with Crippen molar-refractivity contribution < 1.29 is 9.13 Å². The van der Waals surface area contributed by atoms with Gasteiger partial charge in [-0.25, -0.2) is 4.39 Å². The Bertz CT molecular complexity index is 405. The van der Waals surface area contributed by atoms with Gasteiger partial charge in [-0.1, -0.05) is 19.3 Å². The van der Waals surface area contributed by atoms with E-state index in [0.29, 0.717) is 11.1 Å². The van der Waals surface area contributed by atoms with Crippen LogP contribution in [0, 0.1) is 11.2 Å². The minimum atomic E-state index is -0.260. The largest absolute Gasteiger partial charge is 0.493 e. The summed E-state index contributed by atoms with van der Waals surface area (Å²) < 4.78 is 19.4. The van der Waals surface area contributed by atoms with E-state index >= 15 is 0 Å². The second-order valence-corrected chi connectivity index (χ2v) is 6.25. The summed E-state index contributed by atoms with van der Waals surface area (Å²) in [5, 5.41) is 0. The predicted molar refractivity (Wildman–Crippen MR) is 79.0 cm³/mol. The minimum absolute atomic E-state index is 0.197. The Morgan fingerprint density at radius 3 is 2.61 bits per heavy atom. The van der Waals surface area contributed by atoms with Crippen LogP contribution in [0.2, 0.25) is 0 Å². The van der Waals surface area contributed by atoms with Crippen LogP contribution in [0.5, 0.6) is 5.75 Å². The standard InChI is InChI=1S/C14H18BrFOS/c15-12-8-11(4-5-13(12)16)17-9-14(10-18)6-2-1-3-7-14/h4-5,8,18H,1-3,6-7,9-10H2. The maximum atomic E-state index is 13.1. The van der Waals surface area contributed by atoms with Crippen molar-refractivity contribution in [2.45, 2.75) is 32.1 Å². The molecule has 100 valence electrons. The number of hydrogen-bond acceptors (Lipinski definition) is 2. The average molecular weight is 333 g/mol. The van der Waals surface area contributed by atoms with Crippen LogP contribution in [0.3, 0.4) is 0 Å². The molecule has 0 atom stereocenters. The number of halogens is 2. The first-order chi connectivity index (χ1) is 8.65. The molecule has 1 saturated carbocycles. The molecule has 18 heavy (non-hydrogen) atoms. The Hall–Kier alpha value is -0.220. The van der Waals surface area contributed by atoms with Gasteiger partial charge in [0.05, 0.1) is 11.1 Å². The normalized spacial score (nSPS) is 18.6. The monoisotopic (exact) mass is 332 g/mol. The Morgan fingerprint density at radius 2 is 2.00 bits per heavy atom. The van der Waals surface area contributed by atoms with Crippen LogP contribution in [0.25, 0.3) is 0 Å². The second-order valence-electron chi connectivity index (χ2n) is 5.08. The summed E-state index contributed by atoms with van der Waals surface area (Å²) in [6.07, 6.45) is 6.20. The Kier molecular flexibility index (Phi) is 4.96. The van der Waals surface area contributed by atoms with Crippen LogP contribution >= 0.6 is 28.6 Å². The molecule has 0 radical (unpaired) electrons. The number of thiol groups is 1. The topological polar surface area (TPSA) is 9.23 Å². The van der Waals surface area contributed by atoms with Crippen LogP contribution in [-0.2, 0) is 0 Å². The van der Waals surface area contributed by atoms with Crippen molar-refractivity contribution in [1.82, 2.24) is 0 Å². The van der Waals surface area contributed by atoms with E-state index in [0.717, 1.165) is 11.5 Å². The summed E-state index contributed by atoms with van der Waals surface area (Å²) in [6, 6.07) is 4.78. The third-order valence-electron chi connectivity index (χ3n) is 3.69. The summed E-state index contributed by atoms with van der Waals surface area (Å²) in [5.74, 6) is 1.31. The third kappa shape index (κ3) is 3.41. The van der Waals surface area contributed by atoms with Gasteiger partial charge in [0.15, 0.2) is 0 Å². The van der Waals surface area contributed by atoms with E-state index in [1.54, 1.807) is 12.1 Å². The van der Waals surface area contributed by atoms with Crippen molar-refractivity contribution >= 4 is 28.6 Å². The molecule has 1 aromatic rings. The molecule has 1 nitrogen and oxygen atoms in total. The predicted octanol–water partition coefficient (Wildman–Crippen LogP) is 4.85. The Morgan fingerprint density at radius 1 is 1.28 bits per heavy atom. The first-order valence-corrected chi connectivity index (χ1v) is 7.76. The van der Waals surface area contributed by atoms with Gasteiger partial charge in [-0.3, -0.25) is 0 Å². The zero-order valence-electron chi connectivity index (χ0n) is 10.3. The van der Waals surface area contributed by atoms with E-state index in [9.17, 15) is 4.39 Å². The highest BCUT2D eigenvalue weighted by Gasteiger charge is 2.31. The lowest BCUT2D eigenvalue weighted by Crippen LogP contribution is -2.32. The van der Waals surface area contributed by atoms with Crippen LogP contribution in [0.15, 0.2) is 22.7 Å². The van der Waals surface area contributed by atoms with E-state index in [1.807, 2.05) is 0 Å². The summed E-state index contributed by atoms with van der Waals surface area (Å²) in [6.45, 7) is 0.675. The number of hydrogen-bond donors (Lipinski definition) is 1. The molecule has 0 unspecified atom stereocenters. The smallest absolute Gasteiger partial charge is 0.137 e. The fourth-order valence-corrected chi connectivity index (χ4v) is 3.22. The highest BCUT2D eigenvalue weighted by molar-refractivity contribution is 9.10. The van der Waals surface area contributed by atoms with Gasteiger partial charge in [-0.2, -0.15) is 12.6 Å². The summed E-state index contributed by atoms with van der Waals surface area (Å²) >= 11 is 7.66. The number of ether oxygens (including phenoxy) is 1. The summed E-state index contributed by atoms with van der Waals surface area (Å²) in [4.78, 5) is 0. The van der Waals surface area contributed by atoms with Gasteiger partial charge in [-0.05, 0) is 52.7 Å². The Labute approximate surface area is 122 Å². The summed E-state index contributed by atoms with van der Waals surface area (Å²) in [5.41, 5.74) is 0.197. The molecule has 1 fully saturated rings. The van der Waals surface area contributed by atoms with E-state index < -0.39 is 0 Å². The molecule has 0 N–H and O–H groups in total. The summed E-state index contributed by atoms with van der Waals surface area (Å²) in [7, 11) is 0. The molecule has 0 spiro atoms. The molecular weight excluding hydrogens is 315 g/mol. The molecule has 4 heteroatoms. The van der Waals surface area contributed by atoms with Gasteiger partial charge in [0.2, 0.25) is 0 Å². The van der Waals surface area contributed by atoms with E-state index in [1.165, 1.54) is 38.2 Å². The van der Waals surface area contributed by atoms with Gasteiger partial charge in [0.25, 0.3) is 0 Å². The van der Waals surface area contributed by atoms with E-state index in [-0.39, 0.29) is 11.2 Å². The van der Waals surface area contributed by atoms with Crippen molar-refractivity contribution in [3.63, 3.8) is 0 Å². The average Bonchev–Trinajstić information content (AvgIpc) is 2.41. The van der Waals surface area contributed by atoms with Gasteiger partial charge in [0.1, 0.15) is 11.6 Å². The number of benzene rings is 1. The zero-order valence-corrected chi connectivity index (χ0v) is 12.8. The first-order valence-electron chi connectivity index (χ1n) is 6.34. The van der Waals surface area contributed by atoms with E-state index in [2.05, 4.69) is 28.6 Å². The molecule has 0 heterocycles. The van der Waals surface area contributed by atoms with E-state index in [4.69, 9.17) is 4.74 Å². The van der Waals surface area contributed by atoms with Crippen molar-refractivity contribution in [3.8, 4) is 5.75 Å². The third-order valence-corrected chi connectivity index (χ3v) is 4.96. The highest BCUT2D eigenvalue weighted by atomic mass is 79.9. The number of rotatable bonds is 4. The fourth-order valence-electron chi connectivity index (χ4n) is 2.45. The van der Waals surface area contributed by atoms with Gasteiger partial charge in [-0.15, -0.1) is 0 Å². The lowest BCUT2D eigenvalue weighted by Gasteiger charge is -2.35. The SMILES string of the molecule is Fc1ccc(OCC2(CS)CCCCC2)cc1Br. The van der Waals surface area contributed by atoms with Crippen LogP contribution in [-0.4, -0.2) is 12.4 Å². The van der Waals surface area contributed by atoms with Crippen LogP contribution in [0.4, 0.5) is 4.39 Å². The van der Waals surface area contributed by atoms with Crippen molar-refractivity contribution in [3.05, 3.63) is 28.5 Å². The molecule has 0 saturated heterocycles. The van der Waals surface area contributed by atoms with Crippen LogP contribution in [0.1, 0.15) is 32.1 Å². The Balaban J connectivity index is 1.98. The maximum Gasteiger partial charge on any atom is 0.137 e. The lowest BCUT2D eigenvalue weighted by atomic mass is 9.76. The van der Waals surface area contributed by atoms with Crippen LogP contribution < -0.4 is 4.74 Å². The second kappa shape index (κ2) is 6.29.